The molecule has 0 bridgehead atoms. The van der Waals surface area contributed by atoms with Crippen molar-refractivity contribution in [1.29, 1.82) is 0 Å². The Labute approximate surface area is 182 Å². The van der Waals surface area contributed by atoms with Gasteiger partial charge < -0.3 is 14.8 Å². The van der Waals surface area contributed by atoms with E-state index in [-0.39, 0.29) is 35.6 Å². The molecule has 2 aromatic rings. The summed E-state index contributed by atoms with van der Waals surface area (Å²) in [6, 6.07) is 11.2. The van der Waals surface area contributed by atoms with E-state index in [1.807, 2.05) is 0 Å². The van der Waals surface area contributed by atoms with Crippen molar-refractivity contribution in [3.8, 4) is 11.5 Å². The van der Waals surface area contributed by atoms with Crippen molar-refractivity contribution in [2.24, 2.45) is 5.92 Å². The highest BCUT2D eigenvalue weighted by atomic mass is 32.2. The van der Waals surface area contributed by atoms with Crippen LogP contribution in [0.5, 0.6) is 11.5 Å². The predicted molar refractivity (Wildman–Crippen MR) is 116 cm³/mol. The fourth-order valence-electron chi connectivity index (χ4n) is 3.54. The third kappa shape index (κ3) is 5.05. The summed E-state index contributed by atoms with van der Waals surface area (Å²) in [5, 5.41) is 2.83. The number of anilines is 1. The molecule has 0 unspecified atom stereocenters. The molecule has 1 aliphatic heterocycles. The predicted octanol–water partition coefficient (Wildman–Crippen LogP) is 2.95. The van der Waals surface area contributed by atoms with Crippen LogP contribution in [-0.2, 0) is 14.8 Å². The minimum absolute atomic E-state index is 0.0789. The van der Waals surface area contributed by atoms with Gasteiger partial charge in [0.1, 0.15) is 0 Å². The van der Waals surface area contributed by atoms with Crippen LogP contribution in [0.25, 0.3) is 0 Å². The van der Waals surface area contributed by atoms with E-state index < -0.39 is 10.0 Å². The summed E-state index contributed by atoms with van der Waals surface area (Å²) in [5.41, 5.74) is 1.08. The zero-order chi connectivity index (χ0) is 22.6. The summed E-state index contributed by atoms with van der Waals surface area (Å²) in [5.74, 6) is 0.225. The fourth-order valence-corrected chi connectivity index (χ4v) is 5.03. The molecule has 3 rings (SSSR count). The van der Waals surface area contributed by atoms with Crippen LogP contribution in [0.4, 0.5) is 5.69 Å². The first kappa shape index (κ1) is 22.8. The molecule has 2 aromatic carbocycles. The average molecular weight is 447 g/mol. The molecule has 166 valence electrons. The van der Waals surface area contributed by atoms with Crippen molar-refractivity contribution >= 4 is 27.4 Å². The molecule has 0 spiro atoms. The third-order valence-electron chi connectivity index (χ3n) is 5.35. The Hall–Kier alpha value is -2.91. The van der Waals surface area contributed by atoms with Gasteiger partial charge in [0.15, 0.2) is 17.3 Å². The lowest BCUT2D eigenvalue weighted by Gasteiger charge is -2.30. The topological polar surface area (TPSA) is 102 Å². The lowest BCUT2D eigenvalue weighted by molar-refractivity contribution is -0.120. The van der Waals surface area contributed by atoms with E-state index in [1.165, 1.54) is 37.6 Å². The number of ether oxygens (including phenoxy) is 2. The molecular formula is C22H26N2O6S. The number of carbonyl (C=O) groups is 2. The number of hydrogen-bond acceptors (Lipinski definition) is 6. The molecular weight excluding hydrogens is 420 g/mol. The number of rotatable bonds is 7. The van der Waals surface area contributed by atoms with Gasteiger partial charge in [0.25, 0.3) is 0 Å². The monoisotopic (exact) mass is 446 g/mol. The number of methoxy groups -OCH3 is 2. The van der Waals surface area contributed by atoms with Crippen LogP contribution in [-0.4, -0.2) is 51.7 Å². The molecule has 0 aromatic heterocycles. The fraction of sp³-hybridized carbons (Fsp3) is 0.364. The Kier molecular flexibility index (Phi) is 6.97. The van der Waals surface area contributed by atoms with Gasteiger partial charge in [0.05, 0.1) is 19.1 Å². The summed E-state index contributed by atoms with van der Waals surface area (Å²) in [6.45, 7) is 1.94. The second kappa shape index (κ2) is 9.49. The van der Waals surface area contributed by atoms with Crippen molar-refractivity contribution in [1.82, 2.24) is 4.31 Å². The molecule has 1 fully saturated rings. The van der Waals surface area contributed by atoms with Gasteiger partial charge in [0.2, 0.25) is 15.9 Å². The number of sulfonamides is 1. The number of Topliss-reactive ketones (excluding diaryl/α,β-unsaturated/α-hetero) is 1. The van der Waals surface area contributed by atoms with E-state index in [1.54, 1.807) is 30.3 Å². The highest BCUT2D eigenvalue weighted by molar-refractivity contribution is 7.89. The van der Waals surface area contributed by atoms with E-state index in [4.69, 9.17) is 9.47 Å². The van der Waals surface area contributed by atoms with E-state index >= 15 is 0 Å². The first-order valence-corrected chi connectivity index (χ1v) is 11.3. The van der Waals surface area contributed by atoms with Gasteiger partial charge in [-0.2, -0.15) is 4.31 Å². The average Bonchev–Trinajstić information content (AvgIpc) is 2.78. The molecule has 0 aliphatic carbocycles. The van der Waals surface area contributed by atoms with Crippen molar-refractivity contribution in [3.63, 3.8) is 0 Å². The minimum Gasteiger partial charge on any atom is -0.493 e. The van der Waals surface area contributed by atoms with Crippen LogP contribution in [0.1, 0.15) is 30.1 Å². The van der Waals surface area contributed by atoms with Crippen molar-refractivity contribution in [3.05, 3.63) is 48.0 Å². The van der Waals surface area contributed by atoms with Gasteiger partial charge in [-0.3, -0.25) is 9.59 Å². The number of hydrogen-bond donors (Lipinski definition) is 1. The number of benzene rings is 2. The van der Waals surface area contributed by atoms with Crippen LogP contribution >= 0.6 is 0 Å². The highest BCUT2D eigenvalue weighted by Gasteiger charge is 2.32. The zero-order valence-electron chi connectivity index (χ0n) is 17.8. The Morgan fingerprint density at radius 1 is 1.00 bits per heavy atom. The summed E-state index contributed by atoms with van der Waals surface area (Å²) in [7, 11) is -0.781. The van der Waals surface area contributed by atoms with Gasteiger partial charge in [0, 0.05) is 36.3 Å². The van der Waals surface area contributed by atoms with E-state index in [0.29, 0.717) is 35.6 Å². The van der Waals surface area contributed by atoms with Crippen LogP contribution in [0.2, 0.25) is 0 Å². The van der Waals surface area contributed by atoms with Crippen LogP contribution < -0.4 is 14.8 Å². The lowest BCUT2D eigenvalue weighted by Crippen LogP contribution is -2.41. The number of ketones is 1. The number of nitrogens with one attached hydrogen (secondary N) is 1. The smallest absolute Gasteiger partial charge is 0.243 e. The second-order valence-corrected chi connectivity index (χ2v) is 9.26. The maximum absolute atomic E-state index is 13.0. The van der Waals surface area contributed by atoms with E-state index in [0.717, 1.165) is 0 Å². The molecule has 1 N–H and O–H groups in total. The summed E-state index contributed by atoms with van der Waals surface area (Å²) in [6.07, 6.45) is 0.815. The molecule has 9 heteroatoms. The molecule has 8 nitrogen and oxygen atoms in total. The standard InChI is InChI=1S/C22H26N2O6S/c1-15(25)17-5-4-6-18(13-17)23-22(26)16-9-11-24(12-10-16)31(27,28)19-7-8-20(29-2)21(14-19)30-3/h4-8,13-14,16H,9-12H2,1-3H3,(H,23,26). The largest absolute Gasteiger partial charge is 0.493 e. The number of nitrogens with zero attached hydrogens (tertiary/aromatic N) is 1. The lowest BCUT2D eigenvalue weighted by atomic mass is 9.97. The Morgan fingerprint density at radius 2 is 1.68 bits per heavy atom. The van der Waals surface area contributed by atoms with Gasteiger partial charge in [-0.25, -0.2) is 8.42 Å². The minimum atomic E-state index is -3.71. The number of amides is 1. The first-order chi connectivity index (χ1) is 14.8. The number of carbonyl (C=O) groups excluding carboxylic acids is 2. The van der Waals surface area contributed by atoms with Crippen LogP contribution in [0.15, 0.2) is 47.4 Å². The van der Waals surface area contributed by atoms with E-state index in [2.05, 4.69) is 5.32 Å². The molecule has 1 heterocycles. The summed E-state index contributed by atoms with van der Waals surface area (Å²) < 4.78 is 37.8. The Balaban J connectivity index is 1.65. The molecule has 0 radical (unpaired) electrons. The SMILES string of the molecule is COc1ccc(S(=O)(=O)N2CCC(C(=O)Nc3cccc(C(C)=O)c3)CC2)cc1OC. The molecule has 31 heavy (non-hydrogen) atoms. The highest BCUT2D eigenvalue weighted by Crippen LogP contribution is 2.32. The van der Waals surface area contributed by atoms with Gasteiger partial charge >= 0.3 is 0 Å². The van der Waals surface area contributed by atoms with Gasteiger partial charge in [-0.15, -0.1) is 0 Å². The maximum Gasteiger partial charge on any atom is 0.243 e. The maximum atomic E-state index is 13.0. The quantitative estimate of drug-likeness (QED) is 0.656. The Morgan fingerprint density at radius 3 is 2.29 bits per heavy atom. The van der Waals surface area contributed by atoms with Crippen LogP contribution in [0, 0.1) is 5.92 Å². The van der Waals surface area contributed by atoms with Crippen molar-refractivity contribution < 1.29 is 27.5 Å². The molecule has 1 aliphatic rings. The number of piperidine rings is 1. The first-order valence-electron chi connectivity index (χ1n) is 9.90. The second-order valence-electron chi connectivity index (χ2n) is 7.32. The normalized spacial score (nSPS) is 15.3. The van der Waals surface area contributed by atoms with Crippen molar-refractivity contribution in [2.75, 3.05) is 32.6 Å². The van der Waals surface area contributed by atoms with Gasteiger partial charge in [-0.1, -0.05) is 12.1 Å². The molecule has 1 amide bonds. The summed E-state index contributed by atoms with van der Waals surface area (Å²) >= 11 is 0. The van der Waals surface area contributed by atoms with Crippen LogP contribution in [0.3, 0.4) is 0 Å². The zero-order valence-corrected chi connectivity index (χ0v) is 18.6. The molecule has 1 saturated heterocycles. The van der Waals surface area contributed by atoms with Gasteiger partial charge in [-0.05, 0) is 44.0 Å². The molecule has 0 atom stereocenters. The Bertz CT molecular complexity index is 1080. The third-order valence-corrected chi connectivity index (χ3v) is 7.25. The molecule has 0 saturated carbocycles. The van der Waals surface area contributed by atoms with E-state index in [9.17, 15) is 18.0 Å². The van der Waals surface area contributed by atoms with Crippen molar-refractivity contribution in [2.45, 2.75) is 24.7 Å². The summed E-state index contributed by atoms with van der Waals surface area (Å²) in [4.78, 5) is 24.3.